The molecule has 4 atom stereocenters. The van der Waals surface area contributed by atoms with Crippen molar-refractivity contribution in [1.29, 1.82) is 0 Å². The van der Waals surface area contributed by atoms with E-state index in [-0.39, 0.29) is 61.1 Å². The highest BCUT2D eigenvalue weighted by molar-refractivity contribution is 6.01. The summed E-state index contributed by atoms with van der Waals surface area (Å²) in [6.07, 6.45) is 22.2. The smallest absolute Gasteiger partial charge is 0.192 e. The van der Waals surface area contributed by atoms with Crippen LogP contribution in [-0.4, -0.2) is 47.3 Å². The number of nitrogens with zero attached hydrogens (tertiary/aromatic N) is 1. The Kier molecular flexibility index (Phi) is 15.9. The number of allylic oxidation sites excluding steroid dienone is 4. The Morgan fingerprint density at radius 2 is 1.83 bits per heavy atom. The van der Waals surface area contributed by atoms with Crippen LogP contribution < -0.4 is 20.5 Å². The van der Waals surface area contributed by atoms with Gasteiger partial charge in [0.2, 0.25) is 0 Å². The number of rotatable bonds is 14. The second-order valence-electron chi connectivity index (χ2n) is 17.7. The van der Waals surface area contributed by atoms with Crippen LogP contribution >= 0.6 is 0 Å². The Balaban J connectivity index is 1.13. The molecule has 0 saturated carbocycles. The summed E-state index contributed by atoms with van der Waals surface area (Å²) in [5.74, 6) is 5.21. The van der Waals surface area contributed by atoms with Crippen LogP contribution in [0.1, 0.15) is 122 Å². The number of aromatic hydroxyl groups is 1. The minimum absolute atomic E-state index is 0.0477. The Bertz CT molecular complexity index is 2540. The van der Waals surface area contributed by atoms with Crippen molar-refractivity contribution in [2.75, 3.05) is 19.5 Å². The molecule has 4 unspecified atom stereocenters. The molecule has 4 aliphatic rings. The number of carbonyl (C=O) groups is 1. The van der Waals surface area contributed by atoms with Crippen molar-refractivity contribution in [2.24, 2.45) is 22.6 Å². The predicted molar refractivity (Wildman–Crippen MR) is 260 cm³/mol. The Labute approximate surface area is 384 Å². The quantitative estimate of drug-likeness (QED) is 0.0360. The van der Waals surface area contributed by atoms with E-state index in [0.717, 1.165) is 83.7 Å². The number of aliphatic imine (C=N–C) groups is 1. The molecule has 0 radical (unpaired) electrons. The minimum Gasteiger partial charge on any atom is -0.508 e. The number of nitrogens with two attached hydrogens (primary N) is 1. The molecule has 342 valence electrons. The van der Waals surface area contributed by atoms with Crippen LogP contribution in [0, 0.1) is 23.9 Å². The third-order valence-electron chi connectivity index (χ3n) is 13.3. The number of carbonyl (C=O) groups excluding carboxylic acids is 1. The third kappa shape index (κ3) is 11.4. The van der Waals surface area contributed by atoms with Crippen molar-refractivity contribution in [3.8, 4) is 29.3 Å². The summed E-state index contributed by atoms with van der Waals surface area (Å²) in [5.41, 5.74) is 14.8. The fraction of sp³-hybridized carbons (Fsp3) is 0.418. The number of Topliss-reactive ketones (excluding diaryl/α,β-unsaturated/α-hetero) is 1. The number of phenolic OH excluding ortho intramolecular Hbond substituents is 1. The normalized spacial score (nSPS) is 19.7. The van der Waals surface area contributed by atoms with Gasteiger partial charge in [0.1, 0.15) is 36.1 Å². The number of nitrogens with one attached hydrogen (secondary N) is 1. The topological polar surface area (TPSA) is 156 Å². The maximum absolute atomic E-state index is 13.8. The van der Waals surface area contributed by atoms with Crippen LogP contribution in [0.25, 0.3) is 16.8 Å². The monoisotopic (exact) mass is 879 g/mol. The van der Waals surface area contributed by atoms with Gasteiger partial charge in [-0.25, -0.2) is 0 Å². The zero-order chi connectivity index (χ0) is 45.9. The highest BCUT2D eigenvalue weighted by atomic mass is 16.5. The van der Waals surface area contributed by atoms with Gasteiger partial charge in [-0.1, -0.05) is 75.5 Å². The van der Waals surface area contributed by atoms with E-state index in [9.17, 15) is 20.1 Å². The number of aliphatic hydroxyl groups is 2. The number of unbranched alkanes of at least 4 members (excludes halogenated alkanes) is 3. The van der Waals surface area contributed by atoms with E-state index in [2.05, 4.69) is 72.6 Å². The Hall–Kier alpha value is -6.18. The van der Waals surface area contributed by atoms with Gasteiger partial charge in [0, 0.05) is 49.0 Å². The van der Waals surface area contributed by atoms with Gasteiger partial charge < -0.3 is 40.6 Å². The molecule has 2 aliphatic heterocycles. The molecule has 6 N–H and O–H groups in total. The van der Waals surface area contributed by atoms with Gasteiger partial charge in [0.05, 0.1) is 13.7 Å². The number of anilines is 1. The molecule has 4 aromatic carbocycles. The second kappa shape index (κ2) is 22.1. The SMILES string of the molecule is CCCCCc1c(CCCCC2C=CC(O)=CC2CC2CC(=O)CCc3ccc(OC)c(c3)OCc3c(CO)cc4c(c(O)cc5c4c3C=CC5C)CC#CO2)cccc1NC(N)=NC. The summed E-state index contributed by atoms with van der Waals surface area (Å²) in [4.78, 5) is 17.9. The number of hydrogen-bond acceptors (Lipinski definition) is 8. The van der Waals surface area contributed by atoms with Crippen LogP contribution in [0.3, 0.4) is 0 Å². The van der Waals surface area contributed by atoms with Crippen LogP contribution in [0.4, 0.5) is 5.69 Å². The average molecular weight is 880 g/mol. The molecule has 8 rings (SSSR count). The van der Waals surface area contributed by atoms with Gasteiger partial charge in [-0.15, -0.1) is 0 Å². The number of aliphatic hydroxyl groups excluding tert-OH is 2. The lowest BCUT2D eigenvalue weighted by Crippen LogP contribution is -2.24. The van der Waals surface area contributed by atoms with Gasteiger partial charge in [-0.3, -0.25) is 9.79 Å². The fourth-order valence-corrected chi connectivity index (χ4v) is 9.72. The molecular formula is C55H65N3O7. The van der Waals surface area contributed by atoms with Crippen molar-refractivity contribution in [1.82, 2.24) is 0 Å². The number of benzene rings is 4. The zero-order valence-corrected chi connectivity index (χ0v) is 38.4. The fourth-order valence-electron chi connectivity index (χ4n) is 9.72. The molecular weight excluding hydrogens is 815 g/mol. The molecule has 4 aromatic rings. The Morgan fingerprint density at radius 3 is 2.63 bits per heavy atom. The molecule has 0 spiro atoms. The van der Waals surface area contributed by atoms with Gasteiger partial charge in [0.15, 0.2) is 17.5 Å². The first-order chi connectivity index (χ1) is 31.6. The van der Waals surface area contributed by atoms with Gasteiger partial charge in [0.25, 0.3) is 0 Å². The average Bonchev–Trinajstić information content (AvgIpc) is 3.30. The van der Waals surface area contributed by atoms with E-state index in [4.69, 9.17) is 19.9 Å². The maximum atomic E-state index is 13.8. The van der Waals surface area contributed by atoms with Gasteiger partial charge >= 0.3 is 0 Å². The second-order valence-corrected chi connectivity index (χ2v) is 17.7. The van der Waals surface area contributed by atoms with E-state index in [1.165, 1.54) is 17.5 Å². The summed E-state index contributed by atoms with van der Waals surface area (Å²) >= 11 is 0. The standard InChI is InChI=1S/C55H65N3O7/c1-5-6-7-15-44-38(14-10-17-50(44)58-55(56)57-3)13-9-8-12-37-21-23-41(60)28-39(37)29-43-31-42(61)22-19-36-20-25-52(63-4)53(27-36)65-34-49-40(33-59)30-48-45(16-11-26-64-43)51(62)32-47-35(2)18-24-46(49)54(47)48/h10,14,17-18,20-21,23-25,27-28,30,32,35,37,39,43,59-60,62H,5-9,12-13,15-16,19,22,29,31,33-34H2,1-4H3,(H3,56,57,58). The van der Waals surface area contributed by atoms with E-state index in [0.29, 0.717) is 47.8 Å². The zero-order valence-electron chi connectivity index (χ0n) is 38.4. The van der Waals surface area contributed by atoms with Crippen molar-refractivity contribution in [2.45, 2.75) is 123 Å². The summed E-state index contributed by atoms with van der Waals surface area (Å²) in [6.45, 7) is 4.28. The Morgan fingerprint density at radius 1 is 0.985 bits per heavy atom. The number of ether oxygens (including phenoxy) is 3. The van der Waals surface area contributed by atoms with Gasteiger partial charge in [-0.2, -0.15) is 0 Å². The highest BCUT2D eigenvalue weighted by Gasteiger charge is 2.28. The molecule has 10 heteroatoms. The first-order valence-electron chi connectivity index (χ1n) is 23.4. The third-order valence-corrected chi connectivity index (χ3v) is 13.3. The van der Waals surface area contributed by atoms with E-state index in [1.807, 2.05) is 36.4 Å². The summed E-state index contributed by atoms with van der Waals surface area (Å²) in [6, 6.07) is 15.9. The number of fused-ring (bicyclic) bond motifs is 9. The van der Waals surface area contributed by atoms with Crippen LogP contribution in [0.2, 0.25) is 0 Å². The molecule has 6 bridgehead atoms. The van der Waals surface area contributed by atoms with Gasteiger partial charge in [-0.05, 0) is 143 Å². The molecule has 2 heterocycles. The molecule has 0 amide bonds. The lowest BCUT2D eigenvalue weighted by Gasteiger charge is -2.28. The number of methoxy groups -OCH3 is 1. The van der Waals surface area contributed by atoms with Crippen molar-refractivity contribution in [3.63, 3.8) is 0 Å². The number of hydrogen-bond donors (Lipinski definition) is 5. The summed E-state index contributed by atoms with van der Waals surface area (Å²) in [5, 5.41) is 38.0. The highest BCUT2D eigenvalue weighted by Crippen LogP contribution is 2.43. The molecule has 0 saturated heterocycles. The number of aryl methyl sites for hydroxylation is 2. The number of ketones is 1. The number of phenols is 1. The lowest BCUT2D eigenvalue weighted by atomic mass is 9.80. The van der Waals surface area contributed by atoms with Crippen molar-refractivity contribution in [3.05, 3.63) is 123 Å². The van der Waals surface area contributed by atoms with Crippen molar-refractivity contribution >= 4 is 34.3 Å². The lowest BCUT2D eigenvalue weighted by molar-refractivity contribution is -0.121. The first-order valence-corrected chi connectivity index (χ1v) is 23.4. The summed E-state index contributed by atoms with van der Waals surface area (Å²) in [7, 11) is 3.29. The molecule has 10 nitrogen and oxygen atoms in total. The number of guanidine groups is 1. The van der Waals surface area contributed by atoms with E-state index < -0.39 is 6.10 Å². The molecule has 0 aromatic heterocycles. The van der Waals surface area contributed by atoms with Crippen LogP contribution in [0.15, 0.2) is 83.6 Å². The molecule has 0 fully saturated rings. The molecule has 65 heavy (non-hydrogen) atoms. The largest absolute Gasteiger partial charge is 0.508 e. The maximum Gasteiger partial charge on any atom is 0.192 e. The van der Waals surface area contributed by atoms with Crippen LogP contribution in [-0.2, 0) is 48.4 Å². The van der Waals surface area contributed by atoms with Crippen molar-refractivity contribution < 1.29 is 34.3 Å². The molecule has 2 aliphatic carbocycles. The van der Waals surface area contributed by atoms with Crippen LogP contribution in [0.5, 0.6) is 17.2 Å². The minimum atomic E-state index is -0.533. The first kappa shape index (κ1) is 46.8. The van der Waals surface area contributed by atoms with E-state index in [1.54, 1.807) is 20.2 Å². The van der Waals surface area contributed by atoms with E-state index >= 15 is 0 Å². The summed E-state index contributed by atoms with van der Waals surface area (Å²) < 4.78 is 18.5. The predicted octanol–water partition coefficient (Wildman–Crippen LogP) is 10.7.